The molecule has 128 valence electrons. The van der Waals surface area contributed by atoms with Crippen molar-refractivity contribution in [2.24, 2.45) is 13.0 Å². The number of carbonyl (C=O) groups is 2. The number of imidazole rings is 1. The van der Waals surface area contributed by atoms with Crippen LogP contribution >= 0.6 is 0 Å². The largest absolute Gasteiger partial charge is 0.362 e. The number of hydrogen-bond acceptors (Lipinski definition) is 5. The number of anilines is 1. The van der Waals surface area contributed by atoms with Crippen molar-refractivity contribution in [2.75, 3.05) is 11.9 Å². The highest BCUT2D eigenvalue weighted by Crippen LogP contribution is 2.36. The SMILES string of the molecule is CCN1C(=O)CCC(C(=O)Nc2nocc2C)C1c1nccn1C. The van der Waals surface area contributed by atoms with Crippen molar-refractivity contribution in [3.63, 3.8) is 0 Å². The van der Waals surface area contributed by atoms with Crippen LogP contribution in [0.2, 0.25) is 0 Å². The molecule has 2 unspecified atom stereocenters. The lowest BCUT2D eigenvalue weighted by atomic mass is 9.87. The minimum Gasteiger partial charge on any atom is -0.362 e. The highest BCUT2D eigenvalue weighted by molar-refractivity contribution is 5.94. The van der Waals surface area contributed by atoms with E-state index in [2.05, 4.69) is 15.5 Å². The lowest BCUT2D eigenvalue weighted by Gasteiger charge is -2.39. The van der Waals surface area contributed by atoms with Gasteiger partial charge in [0.1, 0.15) is 18.1 Å². The smallest absolute Gasteiger partial charge is 0.231 e. The van der Waals surface area contributed by atoms with Crippen LogP contribution in [-0.4, -0.2) is 38.0 Å². The van der Waals surface area contributed by atoms with E-state index in [0.717, 1.165) is 5.56 Å². The Morgan fingerprint density at radius 3 is 2.88 bits per heavy atom. The lowest BCUT2D eigenvalue weighted by molar-refractivity contribution is -0.142. The number of nitrogens with zero attached hydrogens (tertiary/aromatic N) is 4. The van der Waals surface area contributed by atoms with Gasteiger partial charge in [-0.1, -0.05) is 5.16 Å². The molecule has 2 amide bonds. The minimum absolute atomic E-state index is 0.0483. The monoisotopic (exact) mass is 331 g/mol. The summed E-state index contributed by atoms with van der Waals surface area (Å²) in [5.41, 5.74) is 0.760. The van der Waals surface area contributed by atoms with Gasteiger partial charge in [0.2, 0.25) is 11.8 Å². The summed E-state index contributed by atoms with van der Waals surface area (Å²) in [6.07, 6.45) is 5.81. The molecule has 2 aromatic rings. The summed E-state index contributed by atoms with van der Waals surface area (Å²) in [7, 11) is 1.87. The first-order valence-electron chi connectivity index (χ1n) is 8.01. The highest BCUT2D eigenvalue weighted by atomic mass is 16.5. The molecule has 0 aliphatic carbocycles. The zero-order valence-electron chi connectivity index (χ0n) is 14.0. The van der Waals surface area contributed by atoms with E-state index < -0.39 is 0 Å². The third-order valence-electron chi connectivity index (χ3n) is 4.50. The molecule has 1 aliphatic rings. The second-order valence-corrected chi connectivity index (χ2v) is 6.00. The number of aryl methyl sites for hydroxylation is 2. The van der Waals surface area contributed by atoms with Crippen LogP contribution in [0.5, 0.6) is 0 Å². The molecule has 0 radical (unpaired) electrons. The Bertz CT molecular complexity index is 750. The van der Waals surface area contributed by atoms with Gasteiger partial charge in [-0.3, -0.25) is 9.59 Å². The Hall–Kier alpha value is -2.64. The summed E-state index contributed by atoms with van der Waals surface area (Å²) in [5.74, 6) is 0.610. The molecule has 24 heavy (non-hydrogen) atoms. The van der Waals surface area contributed by atoms with Gasteiger partial charge in [0.25, 0.3) is 0 Å². The highest BCUT2D eigenvalue weighted by Gasteiger charge is 2.42. The molecule has 1 N–H and O–H groups in total. The number of aromatic nitrogens is 3. The van der Waals surface area contributed by atoms with Crippen LogP contribution in [-0.2, 0) is 16.6 Å². The van der Waals surface area contributed by atoms with Gasteiger partial charge in [0, 0.05) is 38.0 Å². The van der Waals surface area contributed by atoms with Crippen molar-refractivity contribution in [1.29, 1.82) is 0 Å². The van der Waals surface area contributed by atoms with Crippen LogP contribution in [0.15, 0.2) is 23.2 Å². The van der Waals surface area contributed by atoms with Crippen molar-refractivity contribution in [2.45, 2.75) is 32.7 Å². The lowest BCUT2D eigenvalue weighted by Crippen LogP contribution is -2.47. The predicted octanol–water partition coefficient (Wildman–Crippen LogP) is 1.65. The second-order valence-electron chi connectivity index (χ2n) is 6.00. The van der Waals surface area contributed by atoms with E-state index in [1.807, 2.05) is 31.7 Å². The van der Waals surface area contributed by atoms with Crippen LogP contribution in [0, 0.1) is 12.8 Å². The van der Waals surface area contributed by atoms with Crippen LogP contribution in [0.1, 0.15) is 37.2 Å². The summed E-state index contributed by atoms with van der Waals surface area (Å²) in [4.78, 5) is 31.2. The molecular weight excluding hydrogens is 310 g/mol. The Labute approximate surface area is 139 Å². The zero-order chi connectivity index (χ0) is 17.3. The molecule has 8 nitrogen and oxygen atoms in total. The van der Waals surface area contributed by atoms with Crippen molar-refractivity contribution >= 4 is 17.6 Å². The predicted molar refractivity (Wildman–Crippen MR) is 85.9 cm³/mol. The van der Waals surface area contributed by atoms with Crippen LogP contribution in [0.25, 0.3) is 0 Å². The van der Waals surface area contributed by atoms with E-state index in [-0.39, 0.29) is 23.8 Å². The third-order valence-corrected chi connectivity index (χ3v) is 4.50. The van der Waals surface area contributed by atoms with E-state index in [0.29, 0.717) is 31.0 Å². The van der Waals surface area contributed by atoms with Crippen molar-refractivity contribution in [1.82, 2.24) is 19.6 Å². The molecular formula is C16H21N5O3. The van der Waals surface area contributed by atoms with Crippen molar-refractivity contribution in [3.8, 4) is 0 Å². The summed E-state index contributed by atoms with van der Waals surface area (Å²) in [6, 6.07) is -0.386. The van der Waals surface area contributed by atoms with Gasteiger partial charge in [-0.05, 0) is 20.3 Å². The minimum atomic E-state index is -0.389. The first-order valence-corrected chi connectivity index (χ1v) is 8.01. The second kappa shape index (κ2) is 6.46. The fourth-order valence-electron chi connectivity index (χ4n) is 3.20. The molecule has 8 heteroatoms. The summed E-state index contributed by atoms with van der Waals surface area (Å²) in [6.45, 7) is 4.25. The number of hydrogen-bond donors (Lipinski definition) is 1. The summed E-state index contributed by atoms with van der Waals surface area (Å²) < 4.78 is 6.72. The number of amides is 2. The Morgan fingerprint density at radius 2 is 2.29 bits per heavy atom. The molecule has 1 saturated heterocycles. The van der Waals surface area contributed by atoms with Crippen molar-refractivity contribution < 1.29 is 14.1 Å². The molecule has 1 aliphatic heterocycles. The number of carbonyl (C=O) groups excluding carboxylic acids is 2. The number of rotatable bonds is 4. The van der Waals surface area contributed by atoms with Gasteiger partial charge in [0.05, 0.1) is 5.92 Å². The number of piperidine rings is 1. The molecule has 3 rings (SSSR count). The van der Waals surface area contributed by atoms with E-state index in [9.17, 15) is 9.59 Å². The van der Waals surface area contributed by atoms with Gasteiger partial charge < -0.3 is 19.3 Å². The van der Waals surface area contributed by atoms with E-state index in [1.54, 1.807) is 11.1 Å². The topological polar surface area (TPSA) is 93.3 Å². The molecule has 0 saturated carbocycles. The van der Waals surface area contributed by atoms with Gasteiger partial charge in [-0.25, -0.2) is 4.98 Å². The molecule has 0 aromatic carbocycles. The van der Waals surface area contributed by atoms with Crippen molar-refractivity contribution in [3.05, 3.63) is 30.0 Å². The normalized spacial score (nSPS) is 21.1. The maximum absolute atomic E-state index is 12.8. The quantitative estimate of drug-likeness (QED) is 0.919. The van der Waals surface area contributed by atoms with E-state index >= 15 is 0 Å². The number of likely N-dealkylation sites (tertiary alicyclic amines) is 1. The Balaban J connectivity index is 1.92. The maximum Gasteiger partial charge on any atom is 0.231 e. The maximum atomic E-state index is 12.8. The summed E-state index contributed by atoms with van der Waals surface area (Å²) >= 11 is 0. The molecule has 2 aromatic heterocycles. The summed E-state index contributed by atoms with van der Waals surface area (Å²) in [5, 5.41) is 6.61. The molecule has 3 heterocycles. The van der Waals surface area contributed by atoms with Gasteiger partial charge >= 0.3 is 0 Å². The first kappa shape index (κ1) is 16.2. The Morgan fingerprint density at radius 1 is 1.50 bits per heavy atom. The standard InChI is InChI=1S/C16H21N5O3/c1-4-21-12(22)6-5-11(13(21)15-17-7-8-20(15)3)16(23)18-14-10(2)9-24-19-14/h7-9,11,13H,4-6H2,1-3H3,(H,18,19,23). The third kappa shape index (κ3) is 2.79. The Kier molecular flexibility index (Phi) is 4.37. The molecule has 2 atom stereocenters. The average molecular weight is 331 g/mol. The first-order chi connectivity index (χ1) is 11.5. The van der Waals surface area contributed by atoms with E-state index in [1.165, 1.54) is 6.26 Å². The number of nitrogens with one attached hydrogen (secondary N) is 1. The van der Waals surface area contributed by atoms with Crippen LogP contribution < -0.4 is 5.32 Å². The van der Waals surface area contributed by atoms with Crippen LogP contribution in [0.4, 0.5) is 5.82 Å². The fraction of sp³-hybridized carbons (Fsp3) is 0.500. The van der Waals surface area contributed by atoms with Gasteiger partial charge in [-0.15, -0.1) is 0 Å². The van der Waals surface area contributed by atoms with Crippen LogP contribution in [0.3, 0.4) is 0 Å². The zero-order valence-corrected chi connectivity index (χ0v) is 14.0. The fourth-order valence-corrected chi connectivity index (χ4v) is 3.20. The molecule has 0 spiro atoms. The van der Waals surface area contributed by atoms with Gasteiger partial charge in [0.15, 0.2) is 5.82 Å². The van der Waals surface area contributed by atoms with E-state index in [4.69, 9.17) is 4.52 Å². The van der Waals surface area contributed by atoms with Gasteiger partial charge in [-0.2, -0.15) is 0 Å². The average Bonchev–Trinajstić information content (AvgIpc) is 3.15. The molecule has 0 bridgehead atoms. The molecule has 1 fully saturated rings.